The van der Waals surface area contributed by atoms with Crippen molar-refractivity contribution in [2.75, 3.05) is 41.2 Å². The molecule has 0 aliphatic heterocycles. The molecule has 0 fully saturated rings. The second-order valence-corrected chi connectivity index (χ2v) is 9.01. The molecule has 8 heteroatoms. The Hall–Kier alpha value is -0.0662. The van der Waals surface area contributed by atoms with Gasteiger partial charge in [0.1, 0.15) is 0 Å². The molecule has 0 aromatic heterocycles. The van der Waals surface area contributed by atoms with E-state index in [-0.39, 0.29) is 0 Å². The van der Waals surface area contributed by atoms with Gasteiger partial charge in [-0.3, -0.25) is 0 Å². The SMILES string of the molecule is C=C[Si](OC)(OC)OC.CCO[Si](C)(OCC)OCC. The van der Waals surface area contributed by atoms with Crippen LogP contribution in [-0.2, 0) is 26.6 Å². The van der Waals surface area contributed by atoms with Crippen LogP contribution in [0.5, 0.6) is 0 Å². The van der Waals surface area contributed by atoms with Gasteiger partial charge in [-0.1, -0.05) is 6.58 Å². The van der Waals surface area contributed by atoms with Crippen molar-refractivity contribution in [1.29, 1.82) is 0 Å². The fraction of sp³-hybridized carbons (Fsp3) is 0.833. The van der Waals surface area contributed by atoms with Crippen molar-refractivity contribution in [3.05, 3.63) is 12.3 Å². The van der Waals surface area contributed by atoms with Crippen molar-refractivity contribution in [2.24, 2.45) is 0 Å². The predicted molar refractivity (Wildman–Crippen MR) is 83.5 cm³/mol. The first-order valence-electron chi connectivity index (χ1n) is 6.63. The van der Waals surface area contributed by atoms with Crippen LogP contribution < -0.4 is 0 Å². The summed E-state index contributed by atoms with van der Waals surface area (Å²) < 4.78 is 31.1. The third-order valence-electron chi connectivity index (χ3n) is 2.32. The molecule has 0 aromatic carbocycles. The van der Waals surface area contributed by atoms with E-state index in [9.17, 15) is 0 Å². The Balaban J connectivity index is 0. The highest BCUT2D eigenvalue weighted by atomic mass is 28.4. The lowest BCUT2D eigenvalue weighted by molar-refractivity contribution is 0.0783. The largest absolute Gasteiger partial charge is 0.528 e. The summed E-state index contributed by atoms with van der Waals surface area (Å²) in [6, 6.07) is 0. The van der Waals surface area contributed by atoms with Gasteiger partial charge in [-0.25, -0.2) is 0 Å². The number of hydrogen-bond donors (Lipinski definition) is 0. The zero-order chi connectivity index (χ0) is 16.1. The van der Waals surface area contributed by atoms with E-state index in [1.165, 1.54) is 0 Å². The summed E-state index contributed by atoms with van der Waals surface area (Å²) in [5.74, 6) is 0. The van der Waals surface area contributed by atoms with Gasteiger partial charge in [-0.2, -0.15) is 0 Å². The molecule has 0 unspecified atom stereocenters. The van der Waals surface area contributed by atoms with Crippen molar-refractivity contribution in [3.8, 4) is 0 Å². The van der Waals surface area contributed by atoms with Crippen LogP contribution in [0.4, 0.5) is 0 Å². The molecule has 0 saturated heterocycles. The van der Waals surface area contributed by atoms with Crippen LogP contribution in [0.25, 0.3) is 0 Å². The highest BCUT2D eigenvalue weighted by molar-refractivity contribution is 6.66. The lowest BCUT2D eigenvalue weighted by atomic mass is 10.9. The highest BCUT2D eigenvalue weighted by Crippen LogP contribution is 2.08. The van der Waals surface area contributed by atoms with E-state index >= 15 is 0 Å². The van der Waals surface area contributed by atoms with Crippen molar-refractivity contribution in [3.63, 3.8) is 0 Å². The first-order valence-corrected chi connectivity index (χ1v) is 10.7. The Labute approximate surface area is 125 Å². The maximum Gasteiger partial charge on any atom is 0.528 e. The summed E-state index contributed by atoms with van der Waals surface area (Å²) in [4.78, 5) is 0. The standard InChI is InChI=1S/C7H18O3Si.C5H12O3Si/c1-5-8-11(4,9-6-2)10-7-3;1-5-9(6-2,7-3)8-4/h5-7H2,1-4H3;5H,1H2,2-4H3. The van der Waals surface area contributed by atoms with Gasteiger partial charge in [-0.05, 0) is 26.5 Å². The van der Waals surface area contributed by atoms with Crippen LogP contribution in [-0.4, -0.2) is 58.8 Å². The van der Waals surface area contributed by atoms with Crippen molar-refractivity contribution < 1.29 is 26.6 Å². The zero-order valence-electron chi connectivity index (χ0n) is 13.9. The summed E-state index contributed by atoms with van der Waals surface area (Å²) in [5, 5.41) is 0. The van der Waals surface area contributed by atoms with Crippen LogP contribution in [0, 0.1) is 0 Å². The number of hydrogen-bond acceptors (Lipinski definition) is 6. The van der Waals surface area contributed by atoms with E-state index in [2.05, 4.69) is 6.58 Å². The van der Waals surface area contributed by atoms with Crippen molar-refractivity contribution in [2.45, 2.75) is 27.3 Å². The fourth-order valence-electron chi connectivity index (χ4n) is 1.41. The van der Waals surface area contributed by atoms with E-state index in [4.69, 9.17) is 26.6 Å². The Morgan fingerprint density at radius 3 is 1.20 bits per heavy atom. The second kappa shape index (κ2) is 12.7. The minimum atomic E-state index is -2.43. The van der Waals surface area contributed by atoms with Gasteiger partial charge in [0, 0.05) is 47.7 Å². The van der Waals surface area contributed by atoms with E-state index in [1.54, 1.807) is 27.0 Å². The average Bonchev–Trinajstić information content (AvgIpc) is 2.43. The molecule has 0 atom stereocenters. The van der Waals surface area contributed by atoms with E-state index in [0.29, 0.717) is 19.8 Å². The van der Waals surface area contributed by atoms with Gasteiger partial charge in [0.15, 0.2) is 0 Å². The predicted octanol–water partition coefficient (Wildman–Crippen LogP) is 2.25. The van der Waals surface area contributed by atoms with Crippen molar-refractivity contribution in [1.82, 2.24) is 0 Å². The monoisotopic (exact) mass is 326 g/mol. The fourth-order valence-corrected chi connectivity index (χ4v) is 4.23. The van der Waals surface area contributed by atoms with Crippen LogP contribution >= 0.6 is 0 Å². The molecule has 0 bridgehead atoms. The molecule has 0 saturated carbocycles. The normalized spacial score (nSPS) is 11.8. The third-order valence-corrected chi connectivity index (χ3v) is 6.97. The third kappa shape index (κ3) is 8.98. The van der Waals surface area contributed by atoms with Gasteiger partial charge in [-0.15, -0.1) is 0 Å². The lowest BCUT2D eigenvalue weighted by Gasteiger charge is -2.23. The first-order chi connectivity index (χ1) is 9.42. The van der Waals surface area contributed by atoms with Gasteiger partial charge in [0.2, 0.25) is 0 Å². The maximum atomic E-state index is 5.40. The lowest BCUT2D eigenvalue weighted by Crippen LogP contribution is -2.42. The molecule has 0 spiro atoms. The molecule has 122 valence electrons. The molecule has 0 amide bonds. The van der Waals surface area contributed by atoms with Gasteiger partial charge < -0.3 is 26.6 Å². The van der Waals surface area contributed by atoms with Crippen LogP contribution in [0.3, 0.4) is 0 Å². The summed E-state index contributed by atoms with van der Waals surface area (Å²) in [5.41, 5.74) is 1.58. The van der Waals surface area contributed by atoms with Gasteiger partial charge >= 0.3 is 17.6 Å². The zero-order valence-corrected chi connectivity index (χ0v) is 15.9. The smallest absolute Gasteiger partial charge is 0.374 e. The minimum Gasteiger partial charge on any atom is -0.374 e. The molecular weight excluding hydrogens is 296 g/mol. The van der Waals surface area contributed by atoms with Crippen LogP contribution in [0.2, 0.25) is 6.55 Å². The summed E-state index contributed by atoms with van der Waals surface area (Å²) >= 11 is 0. The van der Waals surface area contributed by atoms with Crippen molar-refractivity contribution >= 4 is 17.6 Å². The summed E-state index contributed by atoms with van der Waals surface area (Å²) in [6.07, 6.45) is 0. The number of rotatable bonds is 10. The Morgan fingerprint density at radius 1 is 0.800 bits per heavy atom. The molecule has 20 heavy (non-hydrogen) atoms. The van der Waals surface area contributed by atoms with Crippen LogP contribution in [0.1, 0.15) is 20.8 Å². The highest BCUT2D eigenvalue weighted by Gasteiger charge is 2.33. The molecule has 0 aromatic rings. The van der Waals surface area contributed by atoms with E-state index in [1.807, 2.05) is 27.3 Å². The summed E-state index contributed by atoms with van der Waals surface area (Å²) in [7, 11) is -0.0492. The first kappa shape index (κ1) is 22.2. The molecule has 0 heterocycles. The Morgan fingerprint density at radius 2 is 1.10 bits per heavy atom. The molecule has 6 nitrogen and oxygen atoms in total. The topological polar surface area (TPSA) is 55.4 Å². The summed E-state index contributed by atoms with van der Waals surface area (Å²) in [6.45, 7) is 13.3. The van der Waals surface area contributed by atoms with E-state index < -0.39 is 17.6 Å². The minimum absolute atomic E-state index is 0.655. The van der Waals surface area contributed by atoms with Crippen LogP contribution in [0.15, 0.2) is 12.3 Å². The molecule has 0 radical (unpaired) electrons. The molecule has 0 aliphatic carbocycles. The molecular formula is C12H30O6Si2. The quantitative estimate of drug-likeness (QED) is 0.574. The molecule has 0 N–H and O–H groups in total. The average molecular weight is 327 g/mol. The maximum absolute atomic E-state index is 5.40. The Kier molecular flexibility index (Phi) is 14.1. The Bertz CT molecular complexity index is 211. The molecule has 0 rings (SSSR count). The molecule has 0 aliphatic rings. The second-order valence-electron chi connectivity index (χ2n) is 3.58. The van der Waals surface area contributed by atoms with Gasteiger partial charge in [0.25, 0.3) is 0 Å². The van der Waals surface area contributed by atoms with Gasteiger partial charge in [0.05, 0.1) is 0 Å². The van der Waals surface area contributed by atoms with E-state index in [0.717, 1.165) is 0 Å².